The molecular weight excluding hydrogens is 318 g/mol. The number of thiophene rings is 1. The molecule has 4 nitrogen and oxygen atoms in total. The van der Waals surface area contributed by atoms with E-state index in [1.165, 1.54) is 24.0 Å². The fourth-order valence-corrected chi connectivity index (χ4v) is 3.86. The monoisotopic (exact) mass is 339 g/mol. The molecule has 4 rings (SSSR count). The number of aromatic nitrogens is 2. The Hall–Kier alpha value is -2.27. The Morgan fingerprint density at radius 2 is 2.17 bits per heavy atom. The van der Waals surface area contributed by atoms with Gasteiger partial charge in [0, 0.05) is 23.1 Å². The van der Waals surface area contributed by atoms with Crippen molar-refractivity contribution in [2.45, 2.75) is 26.2 Å². The van der Waals surface area contributed by atoms with Crippen molar-refractivity contribution in [1.82, 2.24) is 9.78 Å². The van der Waals surface area contributed by atoms with E-state index in [9.17, 15) is 0 Å². The van der Waals surface area contributed by atoms with Crippen LogP contribution in [0.4, 0.5) is 5.82 Å². The lowest BCUT2D eigenvalue weighted by atomic mass is 10.1. The number of nitrogens with one attached hydrogen (secondary N) is 1. The molecule has 0 bridgehead atoms. The van der Waals surface area contributed by atoms with Crippen LogP contribution in [0.1, 0.15) is 25.3 Å². The molecule has 3 aromatic rings. The lowest BCUT2D eigenvalue weighted by Gasteiger charge is -2.13. The Balaban J connectivity index is 1.90. The van der Waals surface area contributed by atoms with Gasteiger partial charge in [0.05, 0.1) is 12.3 Å². The lowest BCUT2D eigenvalue weighted by Crippen LogP contribution is -2.08. The zero-order chi connectivity index (χ0) is 16.4. The van der Waals surface area contributed by atoms with Gasteiger partial charge in [0.2, 0.25) is 0 Å². The largest absolute Gasteiger partial charge is 0.492 e. The molecule has 1 aliphatic heterocycles. The van der Waals surface area contributed by atoms with Crippen LogP contribution < -0.4 is 10.1 Å². The van der Waals surface area contributed by atoms with Crippen LogP contribution in [0.15, 0.2) is 41.1 Å². The van der Waals surface area contributed by atoms with Gasteiger partial charge in [0.1, 0.15) is 17.3 Å². The van der Waals surface area contributed by atoms with Crippen molar-refractivity contribution in [3.8, 4) is 22.7 Å². The minimum absolute atomic E-state index is 0.644. The molecule has 0 saturated heterocycles. The first-order valence-electron chi connectivity index (χ1n) is 8.49. The zero-order valence-corrected chi connectivity index (χ0v) is 14.6. The third kappa shape index (κ3) is 2.69. The number of hydrogen-bond donors (Lipinski definition) is 1. The Kier molecular flexibility index (Phi) is 4.26. The minimum Gasteiger partial charge on any atom is -0.492 e. The molecule has 0 saturated carbocycles. The van der Waals surface area contributed by atoms with Gasteiger partial charge < -0.3 is 10.1 Å². The van der Waals surface area contributed by atoms with E-state index in [1.807, 2.05) is 29.8 Å². The molecule has 2 aromatic heterocycles. The topological polar surface area (TPSA) is 39.1 Å². The Morgan fingerprint density at radius 3 is 3.00 bits per heavy atom. The summed E-state index contributed by atoms with van der Waals surface area (Å²) in [7, 11) is 0. The summed E-state index contributed by atoms with van der Waals surface area (Å²) in [4.78, 5) is 0. The zero-order valence-electron chi connectivity index (χ0n) is 13.8. The second kappa shape index (κ2) is 6.69. The molecule has 5 heteroatoms. The standard InChI is InChI=1S/C19H21N3OS/c1-2-23-17-9-4-3-8-16(17)22-19-15(7-5-6-11-20-19)18(21-22)14-10-12-24-13-14/h3-4,8-10,12-13,20H,2,5-7,11H2,1H3. The minimum atomic E-state index is 0.644. The summed E-state index contributed by atoms with van der Waals surface area (Å²) in [5.41, 5.74) is 4.60. The number of nitrogens with zero attached hydrogens (tertiary/aromatic N) is 2. The van der Waals surface area contributed by atoms with Gasteiger partial charge >= 0.3 is 0 Å². The molecule has 0 aliphatic carbocycles. The van der Waals surface area contributed by atoms with Gasteiger partial charge in [-0.3, -0.25) is 0 Å². The second-order valence-corrected chi connectivity index (χ2v) is 6.66. The van der Waals surface area contributed by atoms with Crippen LogP contribution in [0.25, 0.3) is 16.9 Å². The first kappa shape index (κ1) is 15.3. The number of fused-ring (bicyclic) bond motifs is 1. The van der Waals surface area contributed by atoms with Gasteiger partial charge in [-0.25, -0.2) is 4.68 Å². The molecule has 3 heterocycles. The molecule has 0 spiro atoms. The van der Waals surface area contributed by atoms with Gasteiger partial charge in [0.15, 0.2) is 0 Å². The molecule has 1 aliphatic rings. The van der Waals surface area contributed by atoms with Crippen molar-refractivity contribution in [2.75, 3.05) is 18.5 Å². The van der Waals surface area contributed by atoms with E-state index in [1.54, 1.807) is 11.3 Å². The average Bonchev–Trinajstić information content (AvgIpc) is 3.18. The maximum atomic E-state index is 5.83. The number of benzene rings is 1. The first-order valence-corrected chi connectivity index (χ1v) is 9.43. The number of anilines is 1. The summed E-state index contributed by atoms with van der Waals surface area (Å²) in [6, 6.07) is 10.3. The van der Waals surface area contributed by atoms with E-state index in [2.05, 4.69) is 28.2 Å². The molecule has 0 amide bonds. The van der Waals surface area contributed by atoms with Crippen LogP contribution >= 0.6 is 11.3 Å². The molecule has 0 unspecified atom stereocenters. The van der Waals surface area contributed by atoms with Gasteiger partial charge in [0.25, 0.3) is 0 Å². The molecule has 0 fully saturated rings. The highest BCUT2D eigenvalue weighted by Crippen LogP contribution is 2.36. The quantitative estimate of drug-likeness (QED) is 0.746. The van der Waals surface area contributed by atoms with Crippen LogP contribution in [0.5, 0.6) is 5.75 Å². The van der Waals surface area contributed by atoms with Gasteiger partial charge in [-0.15, -0.1) is 0 Å². The molecule has 1 N–H and O–H groups in total. The van der Waals surface area contributed by atoms with Crippen LogP contribution in [-0.2, 0) is 6.42 Å². The molecule has 1 aromatic carbocycles. The Bertz CT molecular complexity index is 823. The maximum absolute atomic E-state index is 5.83. The SMILES string of the molecule is CCOc1ccccc1-n1nc(-c2ccsc2)c2c1NCCCC2. The summed E-state index contributed by atoms with van der Waals surface area (Å²) in [5, 5.41) is 12.8. The van der Waals surface area contributed by atoms with Crippen LogP contribution in [0.3, 0.4) is 0 Å². The third-order valence-electron chi connectivity index (χ3n) is 4.32. The highest BCUT2D eigenvalue weighted by molar-refractivity contribution is 7.08. The molecular formula is C19H21N3OS. The van der Waals surface area contributed by atoms with Crippen LogP contribution in [0, 0.1) is 0 Å². The predicted octanol–water partition coefficient (Wildman–Crippen LogP) is 4.75. The highest BCUT2D eigenvalue weighted by atomic mass is 32.1. The first-order chi connectivity index (χ1) is 11.9. The maximum Gasteiger partial charge on any atom is 0.145 e. The smallest absolute Gasteiger partial charge is 0.145 e. The number of hydrogen-bond acceptors (Lipinski definition) is 4. The molecule has 24 heavy (non-hydrogen) atoms. The van der Waals surface area contributed by atoms with Crippen molar-refractivity contribution in [3.05, 3.63) is 46.7 Å². The van der Waals surface area contributed by atoms with Crippen molar-refractivity contribution < 1.29 is 4.74 Å². The Labute approximate surface area is 146 Å². The van der Waals surface area contributed by atoms with E-state index in [4.69, 9.17) is 9.84 Å². The second-order valence-electron chi connectivity index (χ2n) is 5.88. The van der Waals surface area contributed by atoms with E-state index < -0.39 is 0 Å². The number of para-hydroxylation sites is 2. The summed E-state index contributed by atoms with van der Waals surface area (Å²) < 4.78 is 7.85. The van der Waals surface area contributed by atoms with E-state index in [-0.39, 0.29) is 0 Å². The van der Waals surface area contributed by atoms with Crippen molar-refractivity contribution in [1.29, 1.82) is 0 Å². The van der Waals surface area contributed by atoms with Crippen molar-refractivity contribution in [3.63, 3.8) is 0 Å². The van der Waals surface area contributed by atoms with Gasteiger partial charge in [-0.2, -0.15) is 16.4 Å². The molecule has 0 radical (unpaired) electrons. The summed E-state index contributed by atoms with van der Waals surface area (Å²) in [6.07, 6.45) is 3.44. The van der Waals surface area contributed by atoms with Gasteiger partial charge in [-0.1, -0.05) is 12.1 Å². The van der Waals surface area contributed by atoms with Gasteiger partial charge in [-0.05, 0) is 49.8 Å². The molecule has 0 atom stereocenters. The normalized spacial score (nSPS) is 13.9. The van der Waals surface area contributed by atoms with Crippen LogP contribution in [-0.4, -0.2) is 22.9 Å². The third-order valence-corrected chi connectivity index (χ3v) is 5.00. The van der Waals surface area contributed by atoms with Crippen molar-refractivity contribution >= 4 is 17.2 Å². The highest BCUT2D eigenvalue weighted by Gasteiger charge is 2.23. The lowest BCUT2D eigenvalue weighted by molar-refractivity contribution is 0.338. The number of rotatable bonds is 4. The molecule has 124 valence electrons. The predicted molar refractivity (Wildman–Crippen MR) is 99.5 cm³/mol. The van der Waals surface area contributed by atoms with E-state index in [0.717, 1.165) is 35.9 Å². The van der Waals surface area contributed by atoms with E-state index >= 15 is 0 Å². The van der Waals surface area contributed by atoms with E-state index in [0.29, 0.717) is 6.61 Å². The fourth-order valence-electron chi connectivity index (χ4n) is 3.22. The Morgan fingerprint density at radius 1 is 1.25 bits per heavy atom. The summed E-state index contributed by atoms with van der Waals surface area (Å²) in [5.74, 6) is 1.98. The number of ether oxygens (including phenoxy) is 1. The average molecular weight is 339 g/mol. The van der Waals surface area contributed by atoms with Crippen LogP contribution in [0.2, 0.25) is 0 Å². The summed E-state index contributed by atoms with van der Waals surface area (Å²) in [6.45, 7) is 3.64. The fraction of sp³-hybridized carbons (Fsp3) is 0.316. The summed E-state index contributed by atoms with van der Waals surface area (Å²) >= 11 is 1.71. The van der Waals surface area contributed by atoms with Crippen molar-refractivity contribution in [2.24, 2.45) is 0 Å².